The molecule has 0 fully saturated rings. The normalized spacial score (nSPS) is 10.9. The maximum Gasteiger partial charge on any atom is 0.336 e. The number of aryl methyl sites for hydroxylation is 3. The van der Waals surface area contributed by atoms with Crippen LogP contribution in [0, 0.1) is 6.92 Å². The third-order valence-electron chi connectivity index (χ3n) is 4.27. The third kappa shape index (κ3) is 6.15. The van der Waals surface area contributed by atoms with Crippen molar-refractivity contribution in [2.45, 2.75) is 24.7 Å². The van der Waals surface area contributed by atoms with E-state index in [1.807, 2.05) is 48.5 Å². The molecule has 136 valence electrons. The monoisotopic (exact) mass is 374 g/mol. The van der Waals surface area contributed by atoms with E-state index in [2.05, 4.69) is 43.8 Å². The van der Waals surface area contributed by atoms with Gasteiger partial charge in [0.2, 0.25) is 0 Å². The molecule has 0 aromatic heterocycles. The van der Waals surface area contributed by atoms with E-state index >= 15 is 0 Å². The molecule has 3 aromatic rings. The van der Waals surface area contributed by atoms with Gasteiger partial charge in [0.15, 0.2) is 0 Å². The van der Waals surface area contributed by atoms with Crippen LogP contribution >= 0.6 is 12.6 Å². The number of hydrogen-bond acceptors (Lipinski definition) is 3. The van der Waals surface area contributed by atoms with Crippen molar-refractivity contribution in [3.05, 3.63) is 101 Å². The fourth-order valence-electron chi connectivity index (χ4n) is 2.67. The molecule has 3 aromatic carbocycles. The number of rotatable bonds is 6. The highest BCUT2D eigenvalue weighted by molar-refractivity contribution is 7.80. The predicted molar refractivity (Wildman–Crippen MR) is 113 cm³/mol. The van der Waals surface area contributed by atoms with E-state index in [1.54, 1.807) is 6.08 Å². The molecule has 0 aliphatic rings. The number of carbonyl (C=O) groups is 1. The van der Waals surface area contributed by atoms with E-state index in [4.69, 9.17) is 4.74 Å². The number of esters is 1. The van der Waals surface area contributed by atoms with Crippen LogP contribution in [0.3, 0.4) is 0 Å². The van der Waals surface area contributed by atoms with Crippen molar-refractivity contribution >= 4 is 24.7 Å². The Hall–Kier alpha value is -2.78. The topological polar surface area (TPSA) is 26.3 Å². The average molecular weight is 375 g/mol. The van der Waals surface area contributed by atoms with Gasteiger partial charge in [0, 0.05) is 11.0 Å². The van der Waals surface area contributed by atoms with Crippen LogP contribution in [-0.2, 0) is 17.6 Å². The summed E-state index contributed by atoms with van der Waals surface area (Å²) in [5, 5.41) is 0. The molecule has 0 atom stereocenters. The minimum atomic E-state index is -0.391. The van der Waals surface area contributed by atoms with Crippen molar-refractivity contribution in [3.63, 3.8) is 0 Å². The summed E-state index contributed by atoms with van der Waals surface area (Å²) in [7, 11) is 0. The highest BCUT2D eigenvalue weighted by atomic mass is 32.1. The fraction of sp³-hybridized carbons (Fsp3) is 0.125. The van der Waals surface area contributed by atoms with Gasteiger partial charge in [-0.2, -0.15) is 0 Å². The van der Waals surface area contributed by atoms with Crippen molar-refractivity contribution in [3.8, 4) is 5.75 Å². The molecule has 2 nitrogen and oxygen atoms in total. The number of benzene rings is 3. The molecule has 27 heavy (non-hydrogen) atoms. The number of carbonyl (C=O) groups excluding carboxylic acids is 1. The lowest BCUT2D eigenvalue weighted by atomic mass is 10.0. The molecular weight excluding hydrogens is 352 g/mol. The highest BCUT2D eigenvalue weighted by Crippen LogP contribution is 2.15. The second-order valence-electron chi connectivity index (χ2n) is 6.48. The molecular formula is C24H22O2S. The second-order valence-corrected chi connectivity index (χ2v) is 6.99. The standard InChI is InChI=1S/C24H22O2S/c1-18-2-4-19(5-3-18)6-7-20-8-13-22(14-9-20)26-24(25)17-12-21-10-15-23(27)16-11-21/h2-5,8-17,27H,6-7H2,1H3/b17-12+. The number of thiol groups is 1. The summed E-state index contributed by atoms with van der Waals surface area (Å²) < 4.78 is 5.35. The molecule has 3 heteroatoms. The summed E-state index contributed by atoms with van der Waals surface area (Å²) in [5.41, 5.74) is 4.75. The average Bonchev–Trinajstić information content (AvgIpc) is 2.68. The van der Waals surface area contributed by atoms with Crippen molar-refractivity contribution in [1.82, 2.24) is 0 Å². The van der Waals surface area contributed by atoms with Crippen LogP contribution in [0.4, 0.5) is 0 Å². The van der Waals surface area contributed by atoms with Gasteiger partial charge in [0.05, 0.1) is 0 Å². The van der Waals surface area contributed by atoms with Gasteiger partial charge in [-0.05, 0) is 66.8 Å². The molecule has 0 heterocycles. The van der Waals surface area contributed by atoms with E-state index in [1.165, 1.54) is 22.8 Å². The van der Waals surface area contributed by atoms with Gasteiger partial charge in [0.1, 0.15) is 5.75 Å². The summed E-state index contributed by atoms with van der Waals surface area (Å²) in [6.07, 6.45) is 5.11. The van der Waals surface area contributed by atoms with Crippen LogP contribution in [0.25, 0.3) is 6.08 Å². The summed E-state index contributed by atoms with van der Waals surface area (Å²) >= 11 is 4.24. The zero-order valence-corrected chi connectivity index (χ0v) is 16.2. The lowest BCUT2D eigenvalue weighted by Crippen LogP contribution is -2.03. The van der Waals surface area contributed by atoms with Crippen molar-refractivity contribution in [2.24, 2.45) is 0 Å². The Morgan fingerprint density at radius 2 is 1.41 bits per heavy atom. The largest absolute Gasteiger partial charge is 0.423 e. The Balaban J connectivity index is 1.51. The first-order chi connectivity index (χ1) is 13.1. The maximum absolute atomic E-state index is 12.0. The molecule has 0 unspecified atom stereocenters. The SMILES string of the molecule is Cc1ccc(CCc2ccc(OC(=O)/C=C/c3ccc(S)cc3)cc2)cc1. The molecule has 0 radical (unpaired) electrons. The van der Waals surface area contributed by atoms with E-state index in [0.29, 0.717) is 5.75 Å². The number of ether oxygens (including phenoxy) is 1. The fourth-order valence-corrected chi connectivity index (χ4v) is 2.82. The van der Waals surface area contributed by atoms with Gasteiger partial charge in [-0.25, -0.2) is 4.79 Å². The Kier molecular flexibility index (Phi) is 6.50. The molecule has 3 rings (SSSR count). The molecule has 0 saturated heterocycles. The molecule has 0 spiro atoms. The molecule has 0 aliphatic carbocycles. The molecule has 0 bridgehead atoms. The van der Waals surface area contributed by atoms with E-state index in [-0.39, 0.29) is 0 Å². The Labute approximate surface area is 165 Å². The minimum Gasteiger partial charge on any atom is -0.423 e. The van der Waals surface area contributed by atoms with Crippen molar-refractivity contribution in [1.29, 1.82) is 0 Å². The lowest BCUT2D eigenvalue weighted by molar-refractivity contribution is -0.128. The van der Waals surface area contributed by atoms with Gasteiger partial charge >= 0.3 is 5.97 Å². The predicted octanol–water partition coefficient (Wildman–Crippen LogP) is 5.69. The van der Waals surface area contributed by atoms with Gasteiger partial charge in [-0.1, -0.05) is 54.1 Å². The van der Waals surface area contributed by atoms with Crippen LogP contribution in [0.2, 0.25) is 0 Å². The molecule has 0 N–H and O–H groups in total. The van der Waals surface area contributed by atoms with Crippen molar-refractivity contribution < 1.29 is 9.53 Å². The van der Waals surface area contributed by atoms with Crippen LogP contribution in [0.1, 0.15) is 22.3 Å². The van der Waals surface area contributed by atoms with Crippen LogP contribution in [-0.4, -0.2) is 5.97 Å². The van der Waals surface area contributed by atoms with Gasteiger partial charge in [-0.3, -0.25) is 0 Å². The molecule has 0 aliphatic heterocycles. The second kappa shape index (κ2) is 9.24. The van der Waals surface area contributed by atoms with Crippen LogP contribution in [0.15, 0.2) is 83.8 Å². The zero-order valence-electron chi connectivity index (χ0n) is 15.3. The minimum absolute atomic E-state index is 0.391. The first kappa shape index (κ1) is 19.0. The van der Waals surface area contributed by atoms with Gasteiger partial charge < -0.3 is 4.74 Å². The first-order valence-corrected chi connectivity index (χ1v) is 9.37. The lowest BCUT2D eigenvalue weighted by Gasteiger charge is -2.05. The quantitative estimate of drug-likeness (QED) is 0.260. The Bertz CT molecular complexity index is 908. The summed E-state index contributed by atoms with van der Waals surface area (Å²) in [6.45, 7) is 2.09. The molecule has 0 amide bonds. The third-order valence-corrected chi connectivity index (χ3v) is 4.57. The van der Waals surface area contributed by atoms with Gasteiger partial charge in [-0.15, -0.1) is 12.6 Å². The first-order valence-electron chi connectivity index (χ1n) is 8.92. The smallest absolute Gasteiger partial charge is 0.336 e. The van der Waals surface area contributed by atoms with Crippen LogP contribution < -0.4 is 4.74 Å². The Morgan fingerprint density at radius 1 is 0.852 bits per heavy atom. The maximum atomic E-state index is 12.0. The van der Waals surface area contributed by atoms with E-state index in [0.717, 1.165) is 23.3 Å². The zero-order chi connectivity index (χ0) is 19.1. The van der Waals surface area contributed by atoms with Crippen LogP contribution in [0.5, 0.6) is 5.75 Å². The number of hydrogen-bond donors (Lipinski definition) is 1. The molecule has 0 saturated carbocycles. The van der Waals surface area contributed by atoms with Gasteiger partial charge in [0.25, 0.3) is 0 Å². The summed E-state index contributed by atoms with van der Waals surface area (Å²) in [5.74, 6) is 0.159. The summed E-state index contributed by atoms with van der Waals surface area (Å²) in [6, 6.07) is 23.9. The highest BCUT2D eigenvalue weighted by Gasteiger charge is 2.02. The Morgan fingerprint density at radius 3 is 2.00 bits per heavy atom. The van der Waals surface area contributed by atoms with E-state index in [9.17, 15) is 4.79 Å². The summed E-state index contributed by atoms with van der Waals surface area (Å²) in [4.78, 5) is 12.8. The van der Waals surface area contributed by atoms with E-state index < -0.39 is 5.97 Å². The van der Waals surface area contributed by atoms with Crippen molar-refractivity contribution in [2.75, 3.05) is 0 Å².